The van der Waals surface area contributed by atoms with E-state index in [2.05, 4.69) is 12.6 Å². The molecule has 0 aromatic carbocycles. The van der Waals surface area contributed by atoms with Gasteiger partial charge in [0.15, 0.2) is 0 Å². The quantitative estimate of drug-likeness (QED) is 0.748. The van der Waals surface area contributed by atoms with E-state index in [0.29, 0.717) is 0 Å². The first-order valence-corrected chi connectivity index (χ1v) is 8.79. The fraction of sp³-hybridized carbons (Fsp3) is 0.818. The molecule has 1 unspecified atom stereocenters. The molecule has 1 rings (SSSR count). The van der Waals surface area contributed by atoms with Crippen molar-refractivity contribution in [1.29, 1.82) is 5.26 Å². The van der Waals surface area contributed by atoms with Crippen molar-refractivity contribution in [3.05, 3.63) is 0 Å². The molecule has 3 nitrogen and oxygen atoms in total. The molecule has 1 heterocycles. The minimum Gasteiger partial charge on any atom is -0.481 e. The van der Waals surface area contributed by atoms with Crippen LogP contribution in [0.3, 0.4) is 0 Å². The van der Waals surface area contributed by atoms with Gasteiger partial charge in [-0.1, -0.05) is 37.9 Å². The van der Waals surface area contributed by atoms with Gasteiger partial charge >= 0.3 is 5.97 Å². The fourth-order valence-corrected chi connectivity index (χ4v) is 6.87. The average molecular weight is 225 g/mol. The molecule has 1 fully saturated rings. The predicted octanol–water partition coefficient (Wildman–Crippen LogP) is 2.86. The number of carboxylic acid groups (broad SMARTS) is 1. The molecular weight excluding hydrogens is 206 g/mol. The highest BCUT2D eigenvalue weighted by Gasteiger charge is 2.32. The van der Waals surface area contributed by atoms with Gasteiger partial charge in [-0.3, -0.25) is 4.79 Å². The Morgan fingerprint density at radius 1 is 1.47 bits per heavy atom. The number of nitriles is 1. The van der Waals surface area contributed by atoms with Crippen molar-refractivity contribution in [3.8, 4) is 6.07 Å². The highest BCUT2D eigenvalue weighted by Crippen LogP contribution is 2.34. The summed E-state index contributed by atoms with van der Waals surface area (Å²) in [6, 6.07) is 5.61. The summed E-state index contributed by atoms with van der Waals surface area (Å²) in [6.07, 6.45) is 3.92. The molecule has 0 saturated carbocycles. The second-order valence-electron chi connectivity index (χ2n) is 5.00. The van der Waals surface area contributed by atoms with Crippen molar-refractivity contribution >= 4 is 14.0 Å². The van der Waals surface area contributed by atoms with Crippen LogP contribution in [0.5, 0.6) is 0 Å². The zero-order valence-electron chi connectivity index (χ0n) is 9.33. The van der Waals surface area contributed by atoms with Gasteiger partial charge in [-0.25, -0.2) is 0 Å². The second-order valence-corrected chi connectivity index (χ2v) is 10.0. The number of rotatable bonds is 4. The highest BCUT2D eigenvalue weighted by molar-refractivity contribution is 6.78. The summed E-state index contributed by atoms with van der Waals surface area (Å²) in [6.45, 7) is 2.33. The van der Waals surface area contributed by atoms with Crippen LogP contribution in [-0.4, -0.2) is 19.1 Å². The van der Waals surface area contributed by atoms with Crippen molar-refractivity contribution in [1.82, 2.24) is 0 Å². The molecule has 15 heavy (non-hydrogen) atoms. The number of hydrogen-bond donors (Lipinski definition) is 1. The SMILES string of the molecule is C[Si]1(CC(C#N)CC(=O)O)CCCCC1. The van der Waals surface area contributed by atoms with Gasteiger partial charge in [0.2, 0.25) is 0 Å². The molecule has 84 valence electrons. The highest BCUT2D eigenvalue weighted by atomic mass is 28.3. The summed E-state index contributed by atoms with van der Waals surface area (Å²) in [5, 5.41) is 17.6. The lowest BCUT2D eigenvalue weighted by atomic mass is 10.1. The topological polar surface area (TPSA) is 61.1 Å². The third-order valence-corrected chi connectivity index (χ3v) is 8.00. The second kappa shape index (κ2) is 5.31. The molecule has 0 aromatic heterocycles. The molecule has 1 aliphatic rings. The molecule has 1 saturated heterocycles. The first kappa shape index (κ1) is 12.2. The van der Waals surface area contributed by atoms with E-state index < -0.39 is 14.0 Å². The van der Waals surface area contributed by atoms with Crippen molar-refractivity contribution in [3.63, 3.8) is 0 Å². The van der Waals surface area contributed by atoms with Crippen molar-refractivity contribution in [2.45, 2.75) is 50.4 Å². The zero-order chi connectivity index (χ0) is 11.3. The van der Waals surface area contributed by atoms with Crippen LogP contribution in [0.4, 0.5) is 0 Å². The number of hydrogen-bond acceptors (Lipinski definition) is 2. The van der Waals surface area contributed by atoms with Gasteiger partial charge in [-0.05, 0) is 6.04 Å². The van der Waals surface area contributed by atoms with Crippen LogP contribution < -0.4 is 0 Å². The van der Waals surface area contributed by atoms with E-state index in [1.54, 1.807) is 0 Å². The Labute approximate surface area is 92.1 Å². The van der Waals surface area contributed by atoms with E-state index in [9.17, 15) is 4.79 Å². The average Bonchev–Trinajstić information content (AvgIpc) is 2.16. The molecule has 4 heteroatoms. The monoisotopic (exact) mass is 225 g/mol. The minimum atomic E-state index is -1.27. The standard InChI is InChI=1S/C11H19NO2Si/c1-15(5-3-2-4-6-15)9-10(8-12)7-11(13)14/h10H,2-7,9H2,1H3,(H,13,14). The molecule has 0 amide bonds. The van der Waals surface area contributed by atoms with E-state index in [1.807, 2.05) is 0 Å². The summed E-state index contributed by atoms with van der Waals surface area (Å²) in [7, 11) is -1.27. The third kappa shape index (κ3) is 4.04. The molecule has 0 aliphatic carbocycles. The summed E-state index contributed by atoms with van der Waals surface area (Å²) in [4.78, 5) is 10.6. The molecule has 0 radical (unpaired) electrons. The van der Waals surface area contributed by atoms with E-state index in [1.165, 1.54) is 31.4 Å². The maximum absolute atomic E-state index is 10.6. The van der Waals surface area contributed by atoms with Crippen LogP contribution in [0.25, 0.3) is 0 Å². The predicted molar refractivity (Wildman–Crippen MR) is 61.2 cm³/mol. The van der Waals surface area contributed by atoms with Crippen LogP contribution in [-0.2, 0) is 4.79 Å². The Bertz CT molecular complexity index is 266. The molecular formula is C11H19NO2Si. The Kier molecular flexibility index (Phi) is 4.34. The van der Waals surface area contributed by atoms with Gasteiger partial charge in [-0.15, -0.1) is 0 Å². The molecule has 1 aliphatic heterocycles. The summed E-state index contributed by atoms with van der Waals surface area (Å²) < 4.78 is 0. The maximum atomic E-state index is 10.6. The Morgan fingerprint density at radius 3 is 2.53 bits per heavy atom. The minimum absolute atomic E-state index is 0.0269. The van der Waals surface area contributed by atoms with E-state index in [4.69, 9.17) is 10.4 Å². The number of aliphatic carboxylic acids is 1. The van der Waals surface area contributed by atoms with E-state index in [-0.39, 0.29) is 12.3 Å². The van der Waals surface area contributed by atoms with E-state index >= 15 is 0 Å². The summed E-state index contributed by atoms with van der Waals surface area (Å²) in [5.41, 5.74) is 0. The Balaban J connectivity index is 2.49. The lowest BCUT2D eigenvalue weighted by molar-refractivity contribution is -0.137. The van der Waals surface area contributed by atoms with Crippen molar-refractivity contribution < 1.29 is 9.90 Å². The lowest BCUT2D eigenvalue weighted by Crippen LogP contribution is -2.34. The largest absolute Gasteiger partial charge is 0.481 e. The van der Waals surface area contributed by atoms with Crippen LogP contribution in [0, 0.1) is 17.2 Å². The molecule has 1 N–H and O–H groups in total. The summed E-state index contributed by atoms with van der Waals surface area (Å²) >= 11 is 0. The molecule has 0 bridgehead atoms. The smallest absolute Gasteiger partial charge is 0.304 e. The van der Waals surface area contributed by atoms with Gasteiger partial charge in [0.25, 0.3) is 0 Å². The zero-order valence-corrected chi connectivity index (χ0v) is 10.3. The summed E-state index contributed by atoms with van der Waals surface area (Å²) in [5.74, 6) is -1.09. The molecule has 0 spiro atoms. The van der Waals surface area contributed by atoms with Crippen LogP contribution >= 0.6 is 0 Å². The first-order chi connectivity index (χ1) is 7.06. The Morgan fingerprint density at radius 2 is 2.07 bits per heavy atom. The maximum Gasteiger partial charge on any atom is 0.304 e. The molecule has 0 aromatic rings. The lowest BCUT2D eigenvalue weighted by Gasteiger charge is -2.32. The van der Waals surface area contributed by atoms with Gasteiger partial charge in [0.05, 0.1) is 26.5 Å². The van der Waals surface area contributed by atoms with Crippen LogP contribution in [0.1, 0.15) is 25.7 Å². The van der Waals surface area contributed by atoms with Crippen molar-refractivity contribution in [2.24, 2.45) is 5.92 Å². The van der Waals surface area contributed by atoms with Crippen LogP contribution in [0.15, 0.2) is 0 Å². The normalized spacial score (nSPS) is 21.6. The number of carbonyl (C=O) groups is 1. The fourth-order valence-electron chi connectivity index (χ4n) is 2.58. The van der Waals surface area contributed by atoms with Gasteiger partial charge in [0.1, 0.15) is 0 Å². The van der Waals surface area contributed by atoms with Crippen LogP contribution in [0.2, 0.25) is 24.7 Å². The number of nitrogens with zero attached hydrogens (tertiary/aromatic N) is 1. The number of carboxylic acids is 1. The van der Waals surface area contributed by atoms with Gasteiger partial charge < -0.3 is 5.11 Å². The first-order valence-electron chi connectivity index (χ1n) is 5.67. The Hall–Kier alpha value is -0.823. The van der Waals surface area contributed by atoms with E-state index in [0.717, 1.165) is 6.04 Å². The third-order valence-electron chi connectivity index (χ3n) is 3.40. The van der Waals surface area contributed by atoms with Gasteiger partial charge in [-0.2, -0.15) is 5.26 Å². The van der Waals surface area contributed by atoms with Crippen molar-refractivity contribution in [2.75, 3.05) is 0 Å². The van der Waals surface area contributed by atoms with Gasteiger partial charge in [0, 0.05) is 0 Å². The molecule has 1 atom stereocenters.